The van der Waals surface area contributed by atoms with Crippen LogP contribution in [-0.4, -0.2) is 41.2 Å². The summed E-state index contributed by atoms with van der Waals surface area (Å²) < 4.78 is 2.01. The van der Waals surface area contributed by atoms with Crippen LogP contribution in [0.15, 0.2) is 17.8 Å². The van der Waals surface area contributed by atoms with Crippen LogP contribution in [0.2, 0.25) is 0 Å². The van der Waals surface area contributed by atoms with Gasteiger partial charge in [-0.1, -0.05) is 13.0 Å². The van der Waals surface area contributed by atoms with Crippen LogP contribution < -0.4 is 10.6 Å². The fourth-order valence-electron chi connectivity index (χ4n) is 2.36. The van der Waals surface area contributed by atoms with Crippen molar-refractivity contribution in [3.05, 3.63) is 23.5 Å². The Bertz CT molecular complexity index is 520. The molecular weight excluding hydrogens is 254 g/mol. The van der Waals surface area contributed by atoms with Crippen molar-refractivity contribution < 1.29 is 4.79 Å². The molecule has 1 aliphatic rings. The molecule has 110 valence electrons. The molecule has 0 saturated heterocycles. The van der Waals surface area contributed by atoms with Gasteiger partial charge in [-0.15, -0.1) is 0 Å². The summed E-state index contributed by atoms with van der Waals surface area (Å²) >= 11 is 0. The summed E-state index contributed by atoms with van der Waals surface area (Å²) in [6.07, 6.45) is 2.66. The van der Waals surface area contributed by atoms with Gasteiger partial charge in [0.05, 0.1) is 12.2 Å². The highest BCUT2D eigenvalue weighted by molar-refractivity contribution is 5.95. The number of anilines is 1. The van der Waals surface area contributed by atoms with Gasteiger partial charge < -0.3 is 10.6 Å². The largest absolute Gasteiger partial charge is 0.354 e. The van der Waals surface area contributed by atoms with Crippen molar-refractivity contribution >= 4 is 11.7 Å². The van der Waals surface area contributed by atoms with Crippen LogP contribution in [0.4, 0.5) is 5.82 Å². The molecule has 2 rings (SSSR count). The highest BCUT2D eigenvalue weighted by atomic mass is 16.2. The molecule has 1 unspecified atom stereocenters. The summed E-state index contributed by atoms with van der Waals surface area (Å²) in [4.78, 5) is 14.1. The summed E-state index contributed by atoms with van der Waals surface area (Å²) in [6.45, 7) is 6.03. The topological polar surface area (TPSA) is 62.2 Å². The number of nitrogens with zero attached hydrogens (tertiary/aromatic N) is 3. The third-order valence-corrected chi connectivity index (χ3v) is 3.71. The summed E-state index contributed by atoms with van der Waals surface area (Å²) in [5.41, 5.74) is 1.72. The maximum atomic E-state index is 11.8. The summed E-state index contributed by atoms with van der Waals surface area (Å²) in [6, 6.07) is 2.36. The van der Waals surface area contributed by atoms with Gasteiger partial charge in [-0.25, -0.2) is 0 Å². The molecule has 0 bridgehead atoms. The molecule has 1 aromatic heterocycles. The molecule has 1 amide bonds. The van der Waals surface area contributed by atoms with E-state index in [0.717, 1.165) is 25.3 Å². The number of allylic oxidation sites excluding steroid dienone is 1. The van der Waals surface area contributed by atoms with Crippen molar-refractivity contribution in [1.29, 1.82) is 0 Å². The predicted octanol–water partition coefficient (Wildman–Crippen LogP) is 1.34. The van der Waals surface area contributed by atoms with E-state index in [1.165, 1.54) is 5.69 Å². The zero-order valence-electron chi connectivity index (χ0n) is 12.6. The SMILES string of the molecule is CC/C=C(/Nc1cc2n(n1)CCN(C)C2C)C(=O)NC. The van der Waals surface area contributed by atoms with E-state index in [9.17, 15) is 4.79 Å². The molecule has 0 aromatic carbocycles. The second-order valence-corrected chi connectivity index (χ2v) is 5.06. The Morgan fingerprint density at radius 2 is 2.30 bits per heavy atom. The number of hydrogen-bond donors (Lipinski definition) is 2. The van der Waals surface area contributed by atoms with Gasteiger partial charge in [-0.05, 0) is 20.4 Å². The number of nitrogens with one attached hydrogen (secondary N) is 2. The molecular formula is C14H23N5O. The van der Waals surface area contributed by atoms with Gasteiger partial charge in [-0.2, -0.15) is 5.10 Å². The lowest BCUT2D eigenvalue weighted by atomic mass is 10.1. The molecule has 2 N–H and O–H groups in total. The van der Waals surface area contributed by atoms with Crippen LogP contribution in [0.1, 0.15) is 32.0 Å². The van der Waals surface area contributed by atoms with Crippen molar-refractivity contribution in [2.45, 2.75) is 32.9 Å². The van der Waals surface area contributed by atoms with Crippen molar-refractivity contribution in [2.75, 3.05) is 26.0 Å². The smallest absolute Gasteiger partial charge is 0.267 e. The number of rotatable bonds is 4. The predicted molar refractivity (Wildman–Crippen MR) is 79.3 cm³/mol. The van der Waals surface area contributed by atoms with Crippen LogP contribution in [0.25, 0.3) is 0 Å². The van der Waals surface area contributed by atoms with E-state index in [4.69, 9.17) is 0 Å². The van der Waals surface area contributed by atoms with E-state index < -0.39 is 0 Å². The number of amides is 1. The van der Waals surface area contributed by atoms with Gasteiger partial charge in [0.15, 0.2) is 5.82 Å². The van der Waals surface area contributed by atoms with Crippen LogP contribution >= 0.6 is 0 Å². The lowest BCUT2D eigenvalue weighted by molar-refractivity contribution is -0.116. The first-order chi connectivity index (χ1) is 9.56. The van der Waals surface area contributed by atoms with E-state index >= 15 is 0 Å². The van der Waals surface area contributed by atoms with E-state index in [2.05, 4.69) is 34.6 Å². The molecule has 6 heteroatoms. The maximum Gasteiger partial charge on any atom is 0.267 e. The van der Waals surface area contributed by atoms with Crippen molar-refractivity contribution in [1.82, 2.24) is 20.0 Å². The Hall–Kier alpha value is -1.82. The first-order valence-corrected chi connectivity index (χ1v) is 7.04. The molecule has 0 radical (unpaired) electrons. The second kappa shape index (κ2) is 6.09. The third-order valence-electron chi connectivity index (χ3n) is 3.71. The van der Waals surface area contributed by atoms with Gasteiger partial charge in [-0.3, -0.25) is 14.4 Å². The first-order valence-electron chi connectivity index (χ1n) is 7.04. The maximum absolute atomic E-state index is 11.8. The van der Waals surface area contributed by atoms with E-state index in [-0.39, 0.29) is 5.91 Å². The van der Waals surface area contributed by atoms with Crippen LogP contribution in [0.5, 0.6) is 0 Å². The highest BCUT2D eigenvalue weighted by Gasteiger charge is 2.23. The highest BCUT2D eigenvalue weighted by Crippen LogP contribution is 2.25. The lowest BCUT2D eigenvalue weighted by Gasteiger charge is -2.30. The minimum atomic E-state index is -0.122. The minimum Gasteiger partial charge on any atom is -0.354 e. The summed E-state index contributed by atoms with van der Waals surface area (Å²) in [5.74, 6) is 0.605. The molecule has 2 heterocycles. The van der Waals surface area contributed by atoms with Gasteiger partial charge >= 0.3 is 0 Å². The lowest BCUT2D eigenvalue weighted by Crippen LogP contribution is -2.33. The third kappa shape index (κ3) is 2.85. The van der Waals surface area contributed by atoms with E-state index in [1.54, 1.807) is 7.05 Å². The molecule has 1 aliphatic heterocycles. The molecule has 0 spiro atoms. The Morgan fingerprint density at radius 3 is 2.95 bits per heavy atom. The fourth-order valence-corrected chi connectivity index (χ4v) is 2.36. The Morgan fingerprint density at radius 1 is 1.55 bits per heavy atom. The van der Waals surface area contributed by atoms with Crippen molar-refractivity contribution in [3.8, 4) is 0 Å². The average Bonchev–Trinajstić information content (AvgIpc) is 2.85. The Kier molecular flexibility index (Phi) is 4.44. The molecule has 1 atom stereocenters. The number of aromatic nitrogens is 2. The van der Waals surface area contributed by atoms with Crippen molar-refractivity contribution in [3.63, 3.8) is 0 Å². The van der Waals surface area contributed by atoms with Crippen LogP contribution in [0.3, 0.4) is 0 Å². The number of carbonyl (C=O) groups excluding carboxylic acids is 1. The van der Waals surface area contributed by atoms with Gasteiger partial charge in [0, 0.05) is 25.7 Å². The number of fused-ring (bicyclic) bond motifs is 1. The second-order valence-electron chi connectivity index (χ2n) is 5.06. The fraction of sp³-hybridized carbons (Fsp3) is 0.571. The standard InChI is InChI=1S/C14H23N5O/c1-5-6-11(14(20)15-3)16-13-9-12-10(2)18(4)7-8-19(12)17-13/h6,9-10H,5,7-8H2,1-4H3,(H,15,20)(H,16,17)/b11-6+. The normalized spacial score (nSPS) is 19.6. The van der Waals surface area contributed by atoms with E-state index in [1.807, 2.05) is 23.7 Å². The zero-order valence-corrected chi connectivity index (χ0v) is 12.6. The number of carbonyl (C=O) groups is 1. The zero-order chi connectivity index (χ0) is 14.7. The van der Waals surface area contributed by atoms with Gasteiger partial charge in [0.2, 0.25) is 0 Å². The summed E-state index contributed by atoms with van der Waals surface area (Å²) in [7, 11) is 3.74. The molecule has 0 saturated carbocycles. The van der Waals surface area contributed by atoms with Gasteiger partial charge in [0.1, 0.15) is 5.70 Å². The molecule has 1 aromatic rings. The molecule has 0 fully saturated rings. The van der Waals surface area contributed by atoms with Crippen LogP contribution in [0, 0.1) is 0 Å². The number of hydrogen-bond acceptors (Lipinski definition) is 4. The summed E-state index contributed by atoms with van der Waals surface area (Å²) in [5, 5.41) is 10.3. The van der Waals surface area contributed by atoms with Crippen molar-refractivity contribution in [2.24, 2.45) is 0 Å². The number of likely N-dealkylation sites (N-methyl/N-ethyl adjacent to an activating group) is 2. The Labute approximate surface area is 119 Å². The first kappa shape index (κ1) is 14.6. The monoisotopic (exact) mass is 277 g/mol. The molecule has 20 heavy (non-hydrogen) atoms. The quantitative estimate of drug-likeness (QED) is 0.815. The van der Waals surface area contributed by atoms with Crippen LogP contribution in [-0.2, 0) is 11.3 Å². The average molecular weight is 277 g/mol. The minimum absolute atomic E-state index is 0.122. The Balaban J connectivity index is 2.20. The van der Waals surface area contributed by atoms with Gasteiger partial charge in [0.25, 0.3) is 5.91 Å². The molecule has 6 nitrogen and oxygen atoms in total. The van der Waals surface area contributed by atoms with E-state index in [0.29, 0.717) is 11.7 Å². The molecule has 0 aliphatic carbocycles.